The molecule has 0 radical (unpaired) electrons. The number of amides is 4. The van der Waals surface area contributed by atoms with Crippen LogP contribution in [0.3, 0.4) is 0 Å². The predicted octanol–water partition coefficient (Wildman–Crippen LogP) is 4.24. The molecular weight excluding hydrogens is 386 g/mol. The fourth-order valence-electron chi connectivity index (χ4n) is 2.63. The Morgan fingerprint density at radius 2 is 1.13 bits per heavy atom. The molecule has 4 amide bonds. The standard InChI is InChI=1S/C21H19N5O4/c27-20(22-16-7-3-1-4-8-16)24-19(15-11-13-18(14-12-15)26(29)30)25-21(28)23-17-9-5-2-6-10-17/h1-14,19H,(H2,22,24,27)(H2,23,25,28). The van der Waals surface area contributed by atoms with Gasteiger partial charge in [0, 0.05) is 23.5 Å². The summed E-state index contributed by atoms with van der Waals surface area (Å²) in [5, 5.41) is 21.5. The van der Waals surface area contributed by atoms with Crippen molar-refractivity contribution in [2.24, 2.45) is 0 Å². The summed E-state index contributed by atoms with van der Waals surface area (Å²) in [6.45, 7) is 0. The summed E-state index contributed by atoms with van der Waals surface area (Å²) in [6.07, 6.45) is -0.932. The Morgan fingerprint density at radius 1 is 0.700 bits per heavy atom. The molecule has 0 aliphatic carbocycles. The van der Waals surface area contributed by atoms with Crippen molar-refractivity contribution in [2.75, 3.05) is 10.6 Å². The molecule has 4 N–H and O–H groups in total. The van der Waals surface area contributed by atoms with Crippen molar-refractivity contribution in [3.8, 4) is 0 Å². The number of nitro benzene ring substituents is 1. The molecule has 0 fully saturated rings. The van der Waals surface area contributed by atoms with Gasteiger partial charge in [-0.05, 0) is 42.0 Å². The number of carbonyl (C=O) groups is 2. The third kappa shape index (κ3) is 5.80. The normalized spacial score (nSPS) is 10.2. The summed E-state index contributed by atoms with van der Waals surface area (Å²) in [5.41, 5.74) is 1.52. The summed E-state index contributed by atoms with van der Waals surface area (Å²) < 4.78 is 0. The van der Waals surface area contributed by atoms with E-state index < -0.39 is 23.2 Å². The fraction of sp³-hybridized carbons (Fsp3) is 0.0476. The number of para-hydroxylation sites is 2. The molecule has 0 aromatic heterocycles. The van der Waals surface area contributed by atoms with Crippen molar-refractivity contribution in [2.45, 2.75) is 6.17 Å². The molecule has 3 aromatic carbocycles. The molecule has 0 saturated heterocycles. The molecule has 9 heteroatoms. The highest BCUT2D eigenvalue weighted by atomic mass is 16.6. The number of benzene rings is 3. The van der Waals surface area contributed by atoms with Gasteiger partial charge in [0.1, 0.15) is 6.17 Å². The van der Waals surface area contributed by atoms with Crippen molar-refractivity contribution in [1.82, 2.24) is 10.6 Å². The molecule has 0 aliphatic heterocycles. The van der Waals surface area contributed by atoms with Crippen molar-refractivity contribution in [3.63, 3.8) is 0 Å². The molecule has 3 rings (SSSR count). The lowest BCUT2D eigenvalue weighted by atomic mass is 10.1. The lowest BCUT2D eigenvalue weighted by Gasteiger charge is -2.21. The number of nitrogens with zero attached hydrogens (tertiary/aromatic N) is 1. The molecule has 0 atom stereocenters. The van der Waals surface area contributed by atoms with Gasteiger partial charge < -0.3 is 21.3 Å². The first-order valence-electron chi connectivity index (χ1n) is 9.01. The maximum atomic E-state index is 12.4. The minimum Gasteiger partial charge on any atom is -0.314 e. The van der Waals surface area contributed by atoms with E-state index >= 15 is 0 Å². The van der Waals surface area contributed by atoms with Gasteiger partial charge in [-0.2, -0.15) is 0 Å². The zero-order chi connectivity index (χ0) is 21.3. The molecule has 0 bridgehead atoms. The first kappa shape index (κ1) is 20.3. The molecule has 30 heavy (non-hydrogen) atoms. The SMILES string of the molecule is O=C(Nc1ccccc1)NC(NC(=O)Nc1ccccc1)c1ccc([N+](=O)[O-])cc1. The molecule has 152 valence electrons. The number of urea groups is 2. The number of carbonyl (C=O) groups excluding carboxylic acids is 2. The van der Waals surface area contributed by atoms with Gasteiger partial charge in [0.15, 0.2) is 0 Å². The average molecular weight is 405 g/mol. The van der Waals surface area contributed by atoms with Gasteiger partial charge in [0.25, 0.3) is 5.69 Å². The quantitative estimate of drug-likeness (QED) is 0.278. The number of nitro groups is 1. The third-order valence-electron chi connectivity index (χ3n) is 4.05. The number of hydrogen-bond donors (Lipinski definition) is 4. The van der Waals surface area contributed by atoms with Crippen LogP contribution in [0.15, 0.2) is 84.9 Å². The summed E-state index contributed by atoms with van der Waals surface area (Å²) >= 11 is 0. The molecule has 0 spiro atoms. The van der Waals surface area contributed by atoms with E-state index in [1.807, 2.05) is 12.1 Å². The lowest BCUT2D eigenvalue weighted by Crippen LogP contribution is -2.44. The molecular formula is C21H19N5O4. The zero-order valence-corrected chi connectivity index (χ0v) is 15.7. The molecule has 0 unspecified atom stereocenters. The number of anilines is 2. The summed E-state index contributed by atoms with van der Waals surface area (Å²) in [6, 6.07) is 22.0. The van der Waals surface area contributed by atoms with Crippen LogP contribution in [0.4, 0.5) is 26.7 Å². The highest BCUT2D eigenvalue weighted by molar-refractivity contribution is 5.92. The van der Waals surface area contributed by atoms with Gasteiger partial charge >= 0.3 is 12.1 Å². The van der Waals surface area contributed by atoms with E-state index in [0.29, 0.717) is 16.9 Å². The number of rotatable bonds is 6. The summed E-state index contributed by atoms with van der Waals surface area (Å²) in [7, 11) is 0. The smallest absolute Gasteiger partial charge is 0.314 e. The lowest BCUT2D eigenvalue weighted by molar-refractivity contribution is -0.384. The number of nitrogens with one attached hydrogen (secondary N) is 4. The van der Waals surface area contributed by atoms with E-state index in [1.165, 1.54) is 24.3 Å². The second-order valence-electron chi connectivity index (χ2n) is 6.21. The van der Waals surface area contributed by atoms with Gasteiger partial charge in [0.05, 0.1) is 4.92 Å². The van der Waals surface area contributed by atoms with Gasteiger partial charge in [-0.3, -0.25) is 10.1 Å². The first-order chi connectivity index (χ1) is 14.5. The van der Waals surface area contributed by atoms with Gasteiger partial charge in [-0.15, -0.1) is 0 Å². The van der Waals surface area contributed by atoms with Crippen LogP contribution in [0.2, 0.25) is 0 Å². The van der Waals surface area contributed by atoms with E-state index in [-0.39, 0.29) is 5.69 Å². The van der Waals surface area contributed by atoms with Crippen LogP contribution in [0, 0.1) is 10.1 Å². The minimum atomic E-state index is -0.932. The highest BCUT2D eigenvalue weighted by Gasteiger charge is 2.18. The Bertz CT molecular complexity index is 955. The number of non-ortho nitro benzene ring substituents is 1. The van der Waals surface area contributed by atoms with Crippen LogP contribution < -0.4 is 21.3 Å². The Labute approximate surface area is 172 Å². The molecule has 0 saturated carbocycles. The minimum absolute atomic E-state index is 0.0972. The largest absolute Gasteiger partial charge is 0.321 e. The fourth-order valence-corrected chi connectivity index (χ4v) is 2.63. The van der Waals surface area contributed by atoms with Crippen molar-refractivity contribution >= 4 is 29.1 Å². The maximum Gasteiger partial charge on any atom is 0.321 e. The van der Waals surface area contributed by atoms with Crippen LogP contribution in [-0.4, -0.2) is 17.0 Å². The molecule has 0 heterocycles. The van der Waals surface area contributed by atoms with Crippen LogP contribution in [0.5, 0.6) is 0 Å². The van der Waals surface area contributed by atoms with Crippen LogP contribution in [0.1, 0.15) is 11.7 Å². The van der Waals surface area contributed by atoms with Crippen molar-refractivity contribution in [3.05, 3.63) is 101 Å². The molecule has 3 aromatic rings. The van der Waals surface area contributed by atoms with Gasteiger partial charge in [-0.25, -0.2) is 9.59 Å². The van der Waals surface area contributed by atoms with E-state index in [2.05, 4.69) is 21.3 Å². The average Bonchev–Trinajstić information content (AvgIpc) is 2.74. The van der Waals surface area contributed by atoms with Crippen LogP contribution in [-0.2, 0) is 0 Å². The highest BCUT2D eigenvalue weighted by Crippen LogP contribution is 2.17. The Hall–Kier alpha value is -4.40. The maximum absolute atomic E-state index is 12.4. The van der Waals surface area contributed by atoms with E-state index in [0.717, 1.165) is 0 Å². The summed E-state index contributed by atoms with van der Waals surface area (Å²) in [4.78, 5) is 35.2. The van der Waals surface area contributed by atoms with Crippen molar-refractivity contribution < 1.29 is 14.5 Å². The van der Waals surface area contributed by atoms with E-state index in [1.54, 1.807) is 48.5 Å². The Kier molecular flexibility index (Phi) is 6.57. The van der Waals surface area contributed by atoms with E-state index in [4.69, 9.17) is 0 Å². The van der Waals surface area contributed by atoms with Crippen LogP contribution in [0.25, 0.3) is 0 Å². The third-order valence-corrected chi connectivity index (χ3v) is 4.05. The van der Waals surface area contributed by atoms with Crippen molar-refractivity contribution in [1.29, 1.82) is 0 Å². The Morgan fingerprint density at radius 3 is 1.53 bits per heavy atom. The molecule has 0 aliphatic rings. The zero-order valence-electron chi connectivity index (χ0n) is 15.7. The van der Waals surface area contributed by atoms with E-state index in [9.17, 15) is 19.7 Å². The monoisotopic (exact) mass is 405 g/mol. The molecule has 9 nitrogen and oxygen atoms in total. The van der Waals surface area contributed by atoms with Crippen LogP contribution >= 0.6 is 0 Å². The second-order valence-corrected chi connectivity index (χ2v) is 6.21. The Balaban J connectivity index is 1.74. The predicted molar refractivity (Wildman–Crippen MR) is 113 cm³/mol. The second kappa shape index (κ2) is 9.69. The first-order valence-corrected chi connectivity index (χ1v) is 9.01. The van der Waals surface area contributed by atoms with Gasteiger partial charge in [0.2, 0.25) is 0 Å². The topological polar surface area (TPSA) is 125 Å². The summed E-state index contributed by atoms with van der Waals surface area (Å²) in [5.74, 6) is 0. The van der Waals surface area contributed by atoms with Gasteiger partial charge in [-0.1, -0.05) is 36.4 Å². The number of hydrogen-bond acceptors (Lipinski definition) is 4.